The zero-order chi connectivity index (χ0) is 14.8. The number of alkyl halides is 3. The van der Waals surface area contributed by atoms with E-state index in [-0.39, 0.29) is 35.1 Å². The summed E-state index contributed by atoms with van der Waals surface area (Å²) in [5.74, 6) is -0.235. The SMILES string of the molecule is CC1CCCCN1C(=O)COc1nnc(C(F)(F)F)s1. The molecule has 0 saturated carbocycles. The van der Waals surface area contributed by atoms with Crippen molar-refractivity contribution in [3.05, 3.63) is 5.01 Å². The molecule has 1 aliphatic heterocycles. The summed E-state index contributed by atoms with van der Waals surface area (Å²) in [5, 5.41) is 4.94. The molecule has 0 bridgehead atoms. The molecular formula is C11H14F3N3O2S. The second-order valence-corrected chi connectivity index (χ2v) is 5.53. The summed E-state index contributed by atoms with van der Waals surface area (Å²) >= 11 is 0.289. The highest BCUT2D eigenvalue weighted by molar-refractivity contribution is 7.13. The van der Waals surface area contributed by atoms with Crippen LogP contribution in [0, 0.1) is 0 Å². The zero-order valence-corrected chi connectivity index (χ0v) is 11.6. The molecule has 1 atom stereocenters. The Balaban J connectivity index is 1.88. The van der Waals surface area contributed by atoms with E-state index in [1.807, 2.05) is 6.92 Å². The van der Waals surface area contributed by atoms with Gasteiger partial charge in [-0.1, -0.05) is 16.4 Å². The van der Waals surface area contributed by atoms with Crippen LogP contribution in [0.4, 0.5) is 13.2 Å². The molecule has 5 nitrogen and oxygen atoms in total. The molecule has 9 heteroatoms. The third kappa shape index (κ3) is 3.59. The van der Waals surface area contributed by atoms with Gasteiger partial charge in [-0.05, 0) is 26.2 Å². The first-order chi connectivity index (χ1) is 9.38. The Hall–Kier alpha value is -1.38. The monoisotopic (exact) mass is 309 g/mol. The Bertz CT molecular complexity index is 478. The van der Waals surface area contributed by atoms with Crippen LogP contribution in [0.3, 0.4) is 0 Å². The Morgan fingerprint density at radius 2 is 2.20 bits per heavy atom. The Morgan fingerprint density at radius 3 is 2.80 bits per heavy atom. The van der Waals surface area contributed by atoms with Crippen molar-refractivity contribution in [2.24, 2.45) is 0 Å². The summed E-state index contributed by atoms with van der Waals surface area (Å²) in [6, 6.07) is 0.139. The highest BCUT2D eigenvalue weighted by atomic mass is 32.1. The van der Waals surface area contributed by atoms with Crippen LogP contribution in [0.15, 0.2) is 0 Å². The Labute approximate surface area is 117 Å². The van der Waals surface area contributed by atoms with E-state index < -0.39 is 11.2 Å². The first kappa shape index (κ1) is 15.0. The lowest BCUT2D eigenvalue weighted by Crippen LogP contribution is -2.44. The number of hydrogen-bond donors (Lipinski definition) is 0. The number of amides is 1. The van der Waals surface area contributed by atoms with Gasteiger partial charge in [-0.2, -0.15) is 13.2 Å². The lowest BCUT2D eigenvalue weighted by atomic mass is 10.0. The average molecular weight is 309 g/mol. The summed E-state index contributed by atoms with van der Waals surface area (Å²) < 4.78 is 42.0. The molecular weight excluding hydrogens is 295 g/mol. The van der Waals surface area contributed by atoms with Crippen LogP contribution >= 0.6 is 11.3 Å². The minimum atomic E-state index is -4.54. The fourth-order valence-electron chi connectivity index (χ4n) is 2.06. The number of ether oxygens (including phenoxy) is 1. The van der Waals surface area contributed by atoms with Crippen LogP contribution < -0.4 is 4.74 Å². The van der Waals surface area contributed by atoms with Crippen molar-refractivity contribution in [2.45, 2.75) is 38.4 Å². The Kier molecular flexibility index (Phi) is 4.46. The van der Waals surface area contributed by atoms with Crippen molar-refractivity contribution in [1.29, 1.82) is 0 Å². The van der Waals surface area contributed by atoms with Gasteiger partial charge in [-0.15, -0.1) is 5.10 Å². The number of aromatic nitrogens is 2. The minimum absolute atomic E-state index is 0.139. The maximum atomic E-state index is 12.3. The molecule has 0 aromatic carbocycles. The first-order valence-electron chi connectivity index (χ1n) is 6.21. The topological polar surface area (TPSA) is 55.3 Å². The van der Waals surface area contributed by atoms with Crippen molar-refractivity contribution in [1.82, 2.24) is 15.1 Å². The van der Waals surface area contributed by atoms with E-state index in [1.165, 1.54) is 0 Å². The van der Waals surface area contributed by atoms with Gasteiger partial charge >= 0.3 is 6.18 Å². The third-order valence-electron chi connectivity index (χ3n) is 3.09. The molecule has 0 radical (unpaired) electrons. The molecule has 2 heterocycles. The van der Waals surface area contributed by atoms with Gasteiger partial charge in [0.25, 0.3) is 11.1 Å². The van der Waals surface area contributed by atoms with Crippen molar-refractivity contribution in [3.8, 4) is 5.19 Å². The maximum absolute atomic E-state index is 12.3. The second kappa shape index (κ2) is 5.94. The number of halogens is 3. The fraction of sp³-hybridized carbons (Fsp3) is 0.727. The fourth-order valence-corrected chi connectivity index (χ4v) is 2.62. The third-order valence-corrected chi connectivity index (χ3v) is 3.97. The molecule has 0 N–H and O–H groups in total. The molecule has 1 unspecified atom stereocenters. The van der Waals surface area contributed by atoms with Crippen LogP contribution in [0.25, 0.3) is 0 Å². The quantitative estimate of drug-likeness (QED) is 0.860. The number of nitrogens with zero attached hydrogens (tertiary/aromatic N) is 3. The molecule has 1 fully saturated rings. The van der Waals surface area contributed by atoms with Crippen LogP contribution in [-0.2, 0) is 11.0 Å². The summed E-state index contributed by atoms with van der Waals surface area (Å²) in [6.07, 6.45) is -1.59. The largest absolute Gasteiger partial charge is 0.459 e. The van der Waals surface area contributed by atoms with E-state index in [0.29, 0.717) is 6.54 Å². The highest BCUT2D eigenvalue weighted by Crippen LogP contribution is 2.33. The van der Waals surface area contributed by atoms with E-state index in [9.17, 15) is 18.0 Å². The normalized spacial score (nSPS) is 20.0. The van der Waals surface area contributed by atoms with Crippen LogP contribution in [-0.4, -0.2) is 40.2 Å². The molecule has 0 spiro atoms. The van der Waals surface area contributed by atoms with E-state index in [1.54, 1.807) is 4.90 Å². The summed E-state index contributed by atoms with van der Waals surface area (Å²) in [4.78, 5) is 13.6. The molecule has 0 aliphatic carbocycles. The summed E-state index contributed by atoms with van der Waals surface area (Å²) in [7, 11) is 0. The molecule has 20 heavy (non-hydrogen) atoms. The van der Waals surface area contributed by atoms with E-state index >= 15 is 0 Å². The van der Waals surface area contributed by atoms with Gasteiger partial charge in [0.2, 0.25) is 5.01 Å². The van der Waals surface area contributed by atoms with Crippen LogP contribution in [0.5, 0.6) is 5.19 Å². The van der Waals surface area contributed by atoms with Gasteiger partial charge in [-0.25, -0.2) is 0 Å². The lowest BCUT2D eigenvalue weighted by molar-refractivity contribution is -0.138. The van der Waals surface area contributed by atoms with Crippen LogP contribution in [0.1, 0.15) is 31.2 Å². The Morgan fingerprint density at radius 1 is 1.45 bits per heavy atom. The number of hydrogen-bond acceptors (Lipinski definition) is 5. The number of piperidine rings is 1. The molecule has 112 valence electrons. The van der Waals surface area contributed by atoms with Gasteiger partial charge in [0.15, 0.2) is 6.61 Å². The lowest BCUT2D eigenvalue weighted by Gasteiger charge is -2.33. The zero-order valence-electron chi connectivity index (χ0n) is 10.8. The molecule has 1 aromatic rings. The van der Waals surface area contributed by atoms with Gasteiger partial charge in [0.05, 0.1) is 0 Å². The minimum Gasteiger partial charge on any atom is -0.459 e. The number of carbonyl (C=O) groups excluding carboxylic acids is 1. The summed E-state index contributed by atoms with van der Waals surface area (Å²) in [6.45, 7) is 2.30. The van der Waals surface area contributed by atoms with E-state index in [4.69, 9.17) is 4.74 Å². The van der Waals surface area contributed by atoms with E-state index in [0.717, 1.165) is 19.3 Å². The predicted octanol–water partition coefficient (Wildman–Crippen LogP) is 2.34. The van der Waals surface area contributed by atoms with Crippen molar-refractivity contribution < 1.29 is 22.7 Å². The molecule has 1 aromatic heterocycles. The molecule has 1 saturated heterocycles. The van der Waals surface area contributed by atoms with E-state index in [2.05, 4.69) is 10.2 Å². The van der Waals surface area contributed by atoms with Gasteiger partial charge < -0.3 is 9.64 Å². The summed E-state index contributed by atoms with van der Waals surface area (Å²) in [5.41, 5.74) is 0. The standard InChI is InChI=1S/C11H14F3N3O2S/c1-7-4-2-3-5-17(7)8(18)6-19-10-16-15-9(20-10)11(12,13)14/h7H,2-6H2,1H3. The van der Waals surface area contributed by atoms with Crippen molar-refractivity contribution in [3.63, 3.8) is 0 Å². The average Bonchev–Trinajstić information content (AvgIpc) is 2.85. The number of likely N-dealkylation sites (tertiary alicyclic amines) is 1. The number of carbonyl (C=O) groups is 1. The number of rotatable bonds is 3. The molecule has 2 rings (SSSR count). The first-order valence-corrected chi connectivity index (χ1v) is 7.02. The molecule has 1 aliphatic rings. The van der Waals surface area contributed by atoms with Gasteiger partial charge in [0.1, 0.15) is 0 Å². The van der Waals surface area contributed by atoms with Gasteiger partial charge in [-0.3, -0.25) is 4.79 Å². The van der Waals surface area contributed by atoms with Crippen LogP contribution in [0.2, 0.25) is 0 Å². The second-order valence-electron chi connectivity index (χ2n) is 4.59. The maximum Gasteiger partial charge on any atom is 0.445 e. The highest BCUT2D eigenvalue weighted by Gasteiger charge is 2.36. The molecule has 1 amide bonds. The van der Waals surface area contributed by atoms with Gasteiger partial charge in [0, 0.05) is 12.6 Å². The van der Waals surface area contributed by atoms with Crippen molar-refractivity contribution in [2.75, 3.05) is 13.2 Å². The predicted molar refractivity (Wildman–Crippen MR) is 65.4 cm³/mol. The smallest absolute Gasteiger partial charge is 0.445 e. The van der Waals surface area contributed by atoms with Crippen molar-refractivity contribution >= 4 is 17.2 Å².